The van der Waals surface area contributed by atoms with E-state index in [1.165, 1.54) is 12.1 Å². The molecule has 4 nitrogen and oxygen atoms in total. The molecule has 0 aromatic heterocycles. The third kappa shape index (κ3) is 5.30. The molecule has 2 aromatic carbocycles. The minimum absolute atomic E-state index is 0.0714. The number of alkyl halides is 3. The maximum atomic E-state index is 13.0. The van der Waals surface area contributed by atoms with E-state index in [-0.39, 0.29) is 22.4 Å². The van der Waals surface area contributed by atoms with Gasteiger partial charge < -0.3 is 15.0 Å². The van der Waals surface area contributed by atoms with E-state index >= 15 is 0 Å². The van der Waals surface area contributed by atoms with Crippen LogP contribution in [0.15, 0.2) is 46.9 Å². The second-order valence-electron chi connectivity index (χ2n) is 8.22. The summed E-state index contributed by atoms with van der Waals surface area (Å²) in [5.74, 6) is 0.573. The van der Waals surface area contributed by atoms with Crippen molar-refractivity contribution in [3.8, 4) is 5.75 Å². The van der Waals surface area contributed by atoms with Gasteiger partial charge in [-0.1, -0.05) is 12.1 Å². The zero-order valence-corrected chi connectivity index (χ0v) is 18.8. The predicted molar refractivity (Wildman–Crippen MR) is 122 cm³/mol. The zero-order valence-electron chi connectivity index (χ0n) is 18.0. The number of methoxy groups -OCH3 is 1. The number of nitrogens with one attached hydrogen (secondary N) is 1. The van der Waals surface area contributed by atoms with Crippen LogP contribution in [0.3, 0.4) is 0 Å². The summed E-state index contributed by atoms with van der Waals surface area (Å²) in [4.78, 5) is 15.4. The first kappa shape index (κ1) is 22.7. The summed E-state index contributed by atoms with van der Waals surface area (Å²) < 4.78 is 43.1. The zero-order chi connectivity index (χ0) is 22.9. The molecule has 0 unspecified atom stereocenters. The second kappa shape index (κ2) is 9.19. The number of halogens is 3. The lowest BCUT2D eigenvalue weighted by atomic mass is 10.0. The number of anilines is 1. The lowest BCUT2D eigenvalue weighted by Gasteiger charge is -2.30. The first-order valence-corrected chi connectivity index (χ1v) is 11.3. The second-order valence-corrected chi connectivity index (χ2v) is 9.36. The van der Waals surface area contributed by atoms with E-state index in [4.69, 9.17) is 4.74 Å². The van der Waals surface area contributed by atoms with Crippen LogP contribution < -0.4 is 10.1 Å². The van der Waals surface area contributed by atoms with Crippen LogP contribution in [0.5, 0.6) is 5.75 Å². The Balaban J connectivity index is 1.52. The average molecular weight is 463 g/mol. The SMILES string of the molecule is COc1cc2c(cc1NC1CCN(C)CC1)CC(=Cc1ccc(SC(F)(F)F)cc1)C2=O. The van der Waals surface area contributed by atoms with E-state index in [2.05, 4.69) is 17.3 Å². The van der Waals surface area contributed by atoms with Crippen LogP contribution in [0.1, 0.15) is 34.3 Å². The highest BCUT2D eigenvalue weighted by Gasteiger charge is 2.30. The number of carbonyl (C=O) groups is 1. The molecule has 0 bridgehead atoms. The van der Waals surface area contributed by atoms with Gasteiger partial charge in [0.2, 0.25) is 0 Å². The number of allylic oxidation sites excluding steroid dienone is 1. The summed E-state index contributed by atoms with van der Waals surface area (Å²) in [6, 6.07) is 10.2. The summed E-state index contributed by atoms with van der Waals surface area (Å²) in [6.07, 6.45) is 4.33. The summed E-state index contributed by atoms with van der Waals surface area (Å²) in [7, 11) is 3.71. The van der Waals surface area contributed by atoms with Crippen LogP contribution in [0.4, 0.5) is 18.9 Å². The number of hydrogen-bond donors (Lipinski definition) is 1. The van der Waals surface area contributed by atoms with Crippen molar-refractivity contribution in [1.29, 1.82) is 0 Å². The fourth-order valence-electron chi connectivity index (χ4n) is 4.18. The van der Waals surface area contributed by atoms with Crippen LogP contribution in [0, 0.1) is 0 Å². The Kier molecular flexibility index (Phi) is 6.53. The predicted octanol–water partition coefficient (Wildman–Crippen LogP) is 5.64. The average Bonchev–Trinajstić information content (AvgIpc) is 3.04. The summed E-state index contributed by atoms with van der Waals surface area (Å²) in [5.41, 5.74) is -0.558. The van der Waals surface area contributed by atoms with Gasteiger partial charge in [0.15, 0.2) is 5.78 Å². The van der Waals surface area contributed by atoms with Gasteiger partial charge >= 0.3 is 5.51 Å². The number of nitrogens with zero attached hydrogens (tertiary/aromatic N) is 1. The van der Waals surface area contributed by atoms with E-state index in [9.17, 15) is 18.0 Å². The quantitative estimate of drug-likeness (QED) is 0.460. The maximum Gasteiger partial charge on any atom is 0.446 e. The van der Waals surface area contributed by atoms with E-state index in [0.717, 1.165) is 37.2 Å². The van der Waals surface area contributed by atoms with E-state index in [0.29, 0.717) is 34.9 Å². The number of rotatable bonds is 5. The lowest BCUT2D eigenvalue weighted by molar-refractivity contribution is -0.0328. The topological polar surface area (TPSA) is 41.6 Å². The highest BCUT2D eigenvalue weighted by Crippen LogP contribution is 2.38. The van der Waals surface area contributed by atoms with Crippen LogP contribution in [-0.4, -0.2) is 49.5 Å². The molecule has 1 aliphatic carbocycles. The van der Waals surface area contributed by atoms with Crippen molar-refractivity contribution in [3.63, 3.8) is 0 Å². The van der Waals surface area contributed by atoms with Gasteiger partial charge in [-0.3, -0.25) is 4.79 Å². The normalized spacial score (nSPS) is 18.8. The summed E-state index contributed by atoms with van der Waals surface area (Å²) >= 11 is -0.149. The Bertz CT molecular complexity index is 1030. The number of carbonyl (C=O) groups excluding carboxylic acids is 1. The van der Waals surface area contributed by atoms with Crippen molar-refractivity contribution in [1.82, 2.24) is 4.90 Å². The van der Waals surface area contributed by atoms with Crippen LogP contribution in [0.2, 0.25) is 0 Å². The molecule has 1 heterocycles. The first-order valence-electron chi connectivity index (χ1n) is 10.5. The fraction of sp³-hybridized carbons (Fsp3) is 0.375. The first-order chi connectivity index (χ1) is 15.2. The minimum atomic E-state index is -4.32. The molecule has 32 heavy (non-hydrogen) atoms. The molecule has 1 saturated heterocycles. The van der Waals surface area contributed by atoms with Crippen molar-refractivity contribution in [2.75, 3.05) is 32.6 Å². The molecule has 170 valence electrons. The van der Waals surface area contributed by atoms with Crippen molar-refractivity contribution in [3.05, 3.63) is 58.7 Å². The molecule has 4 rings (SSSR count). The third-order valence-electron chi connectivity index (χ3n) is 5.88. The molecule has 0 saturated carbocycles. The van der Waals surface area contributed by atoms with Gasteiger partial charge in [-0.05, 0) is 86.2 Å². The molecule has 0 radical (unpaired) electrons. The lowest BCUT2D eigenvalue weighted by Crippen LogP contribution is -2.36. The van der Waals surface area contributed by atoms with Gasteiger partial charge in [0, 0.05) is 28.5 Å². The molecule has 8 heteroatoms. The number of likely N-dealkylation sites (tertiary alicyclic amines) is 1. The number of Topliss-reactive ketones (excluding diaryl/α,β-unsaturated/α-hetero) is 1. The van der Waals surface area contributed by atoms with Gasteiger partial charge in [-0.25, -0.2) is 0 Å². The van der Waals surface area contributed by atoms with Crippen LogP contribution in [0.25, 0.3) is 6.08 Å². The van der Waals surface area contributed by atoms with Crippen LogP contribution in [-0.2, 0) is 6.42 Å². The van der Waals surface area contributed by atoms with Crippen molar-refractivity contribution in [2.45, 2.75) is 35.7 Å². The molecule has 1 aliphatic heterocycles. The maximum absolute atomic E-state index is 13.0. The molecule has 1 N–H and O–H groups in total. The molecule has 2 aliphatic rings. The molecule has 2 aromatic rings. The Morgan fingerprint density at radius 2 is 1.84 bits per heavy atom. The van der Waals surface area contributed by atoms with E-state index in [1.54, 1.807) is 31.4 Å². The number of ether oxygens (including phenoxy) is 1. The number of benzene rings is 2. The number of fused-ring (bicyclic) bond motifs is 1. The van der Waals surface area contributed by atoms with Gasteiger partial charge in [-0.15, -0.1) is 0 Å². The smallest absolute Gasteiger partial charge is 0.446 e. The molecule has 0 spiro atoms. The number of piperidine rings is 1. The Morgan fingerprint density at radius 1 is 1.16 bits per heavy atom. The number of thioether (sulfide) groups is 1. The Hall–Kier alpha value is -2.45. The standard InChI is InChI=1S/C24H25F3N2O2S/c1-29-9-7-18(8-10-29)28-21-13-16-12-17(23(30)20(16)14-22(21)31-2)11-15-3-5-19(6-4-15)32-24(25,26)27/h3-6,11,13-14,18,28H,7-10,12H2,1-2H3. The molecular weight excluding hydrogens is 437 g/mol. The van der Waals surface area contributed by atoms with Crippen molar-refractivity contribution in [2.24, 2.45) is 0 Å². The van der Waals surface area contributed by atoms with Crippen molar-refractivity contribution >= 4 is 29.3 Å². The molecule has 0 atom stereocenters. The molecule has 1 fully saturated rings. The van der Waals surface area contributed by atoms with Gasteiger partial charge in [0.1, 0.15) is 5.75 Å². The summed E-state index contributed by atoms with van der Waals surface area (Å²) in [5, 5.41) is 3.58. The van der Waals surface area contributed by atoms with E-state index < -0.39 is 5.51 Å². The summed E-state index contributed by atoms with van der Waals surface area (Å²) in [6.45, 7) is 2.08. The molecular formula is C24H25F3N2O2S. The van der Waals surface area contributed by atoms with Gasteiger partial charge in [0.05, 0.1) is 12.8 Å². The van der Waals surface area contributed by atoms with Gasteiger partial charge in [0.25, 0.3) is 0 Å². The fourth-order valence-corrected chi connectivity index (χ4v) is 4.72. The third-order valence-corrected chi connectivity index (χ3v) is 6.61. The number of hydrogen-bond acceptors (Lipinski definition) is 5. The molecule has 0 amide bonds. The highest BCUT2D eigenvalue weighted by molar-refractivity contribution is 8.00. The van der Waals surface area contributed by atoms with Crippen molar-refractivity contribution < 1.29 is 22.7 Å². The van der Waals surface area contributed by atoms with Crippen LogP contribution >= 0.6 is 11.8 Å². The van der Waals surface area contributed by atoms with Gasteiger partial charge in [-0.2, -0.15) is 13.2 Å². The highest BCUT2D eigenvalue weighted by atomic mass is 32.2. The Labute approximate surface area is 189 Å². The van der Waals surface area contributed by atoms with E-state index in [1.807, 2.05) is 6.07 Å². The number of ketones is 1. The Morgan fingerprint density at radius 3 is 2.47 bits per heavy atom. The monoisotopic (exact) mass is 462 g/mol. The largest absolute Gasteiger partial charge is 0.495 e. The minimum Gasteiger partial charge on any atom is -0.495 e.